The minimum atomic E-state index is 0.120. The Labute approximate surface area is 167 Å². The predicted molar refractivity (Wildman–Crippen MR) is 109 cm³/mol. The van der Waals surface area contributed by atoms with E-state index < -0.39 is 0 Å². The highest BCUT2D eigenvalue weighted by Gasteiger charge is 2.46. The van der Waals surface area contributed by atoms with Crippen LogP contribution in [-0.4, -0.2) is 40.3 Å². The molecule has 0 N–H and O–H groups in total. The lowest BCUT2D eigenvalue weighted by Gasteiger charge is -2.40. The van der Waals surface area contributed by atoms with Gasteiger partial charge in [-0.1, -0.05) is 29.8 Å². The molecule has 0 saturated carbocycles. The highest BCUT2D eigenvalue weighted by Crippen LogP contribution is 2.52. The molecule has 5 nitrogen and oxygen atoms in total. The number of aryl methyl sites for hydroxylation is 2. The predicted octanol–water partition coefficient (Wildman–Crippen LogP) is 3.48. The number of amides is 1. The lowest BCUT2D eigenvalue weighted by Crippen LogP contribution is -2.45. The van der Waals surface area contributed by atoms with E-state index in [1.807, 2.05) is 30.3 Å². The van der Waals surface area contributed by atoms with E-state index in [1.54, 1.807) is 4.68 Å². The summed E-state index contributed by atoms with van der Waals surface area (Å²) in [5.41, 5.74) is 5.00. The molecular formula is C23H29N3O2. The standard InChI is InChI=1S/C23H29N3O2/c1-4-13-28-21-16-23(20-14-17(2)5-6-19(20)21)8-11-26(12-9-23)22(27)15-18-7-10-25(3)24-18/h4-7,10,14,21H,1,8-9,11-13,15-16H2,2-3H3/t21-/m1/s1. The van der Waals surface area contributed by atoms with Gasteiger partial charge in [-0.05, 0) is 43.4 Å². The Morgan fingerprint density at radius 1 is 1.36 bits per heavy atom. The second kappa shape index (κ2) is 7.55. The van der Waals surface area contributed by atoms with E-state index in [0.29, 0.717) is 13.0 Å². The summed E-state index contributed by atoms with van der Waals surface area (Å²) in [5.74, 6) is 0.176. The maximum Gasteiger partial charge on any atom is 0.228 e. The third kappa shape index (κ3) is 3.51. The summed E-state index contributed by atoms with van der Waals surface area (Å²) in [4.78, 5) is 14.7. The third-order valence-electron chi connectivity index (χ3n) is 6.29. The molecule has 1 atom stereocenters. The van der Waals surface area contributed by atoms with Gasteiger partial charge in [0.05, 0.1) is 24.8 Å². The van der Waals surface area contributed by atoms with Gasteiger partial charge in [-0.3, -0.25) is 9.48 Å². The molecule has 2 aromatic rings. The van der Waals surface area contributed by atoms with Crippen molar-refractivity contribution in [1.29, 1.82) is 0 Å². The number of ether oxygens (including phenoxy) is 1. The number of benzene rings is 1. The molecule has 28 heavy (non-hydrogen) atoms. The van der Waals surface area contributed by atoms with Crippen LogP contribution in [0.1, 0.15) is 47.8 Å². The van der Waals surface area contributed by atoms with Crippen molar-refractivity contribution in [2.75, 3.05) is 19.7 Å². The molecule has 2 aliphatic rings. The minimum absolute atomic E-state index is 0.120. The second-order valence-corrected chi connectivity index (χ2v) is 8.22. The van der Waals surface area contributed by atoms with Gasteiger partial charge in [0, 0.05) is 31.7 Å². The van der Waals surface area contributed by atoms with Crippen LogP contribution in [0.15, 0.2) is 43.1 Å². The highest BCUT2D eigenvalue weighted by atomic mass is 16.5. The van der Waals surface area contributed by atoms with E-state index in [-0.39, 0.29) is 17.4 Å². The number of fused-ring (bicyclic) bond motifs is 2. The lowest BCUT2D eigenvalue weighted by molar-refractivity contribution is -0.132. The summed E-state index contributed by atoms with van der Waals surface area (Å²) in [6.07, 6.45) is 7.20. The van der Waals surface area contributed by atoms with Crippen molar-refractivity contribution >= 4 is 5.91 Å². The molecule has 1 spiro atoms. The first-order valence-electron chi connectivity index (χ1n) is 10.1. The smallest absolute Gasteiger partial charge is 0.228 e. The van der Waals surface area contributed by atoms with Crippen molar-refractivity contribution in [3.8, 4) is 0 Å². The van der Waals surface area contributed by atoms with Crippen molar-refractivity contribution < 1.29 is 9.53 Å². The fourth-order valence-corrected chi connectivity index (χ4v) is 4.80. The number of piperidine rings is 1. The maximum atomic E-state index is 12.7. The third-order valence-corrected chi connectivity index (χ3v) is 6.29. The second-order valence-electron chi connectivity index (χ2n) is 8.22. The Bertz CT molecular complexity index is 878. The van der Waals surface area contributed by atoms with E-state index in [1.165, 1.54) is 16.7 Å². The van der Waals surface area contributed by atoms with Gasteiger partial charge < -0.3 is 9.64 Å². The molecular weight excluding hydrogens is 350 g/mol. The van der Waals surface area contributed by atoms with Crippen LogP contribution in [0.2, 0.25) is 0 Å². The monoisotopic (exact) mass is 379 g/mol. The number of aromatic nitrogens is 2. The number of rotatable bonds is 5. The molecule has 1 aliphatic heterocycles. The van der Waals surface area contributed by atoms with Gasteiger partial charge in [-0.2, -0.15) is 5.10 Å². The number of hydrogen-bond acceptors (Lipinski definition) is 3. The van der Waals surface area contributed by atoms with Crippen molar-refractivity contribution in [3.05, 3.63) is 65.5 Å². The first kappa shape index (κ1) is 18.9. The average Bonchev–Trinajstić information content (AvgIpc) is 3.22. The zero-order valence-electron chi connectivity index (χ0n) is 16.9. The molecule has 1 saturated heterocycles. The lowest BCUT2D eigenvalue weighted by atomic mass is 9.73. The van der Waals surface area contributed by atoms with Gasteiger partial charge in [0.2, 0.25) is 5.91 Å². The highest BCUT2D eigenvalue weighted by molar-refractivity contribution is 5.78. The molecule has 5 heteroatoms. The van der Waals surface area contributed by atoms with Gasteiger partial charge in [0.15, 0.2) is 0 Å². The zero-order chi connectivity index (χ0) is 19.7. The number of likely N-dealkylation sites (tertiary alicyclic amines) is 1. The number of hydrogen-bond donors (Lipinski definition) is 0. The van der Waals surface area contributed by atoms with Crippen LogP contribution in [-0.2, 0) is 28.4 Å². The SMILES string of the molecule is C=CCO[C@@H]1CC2(CCN(C(=O)Cc3ccn(C)n3)CC2)c2cc(C)ccc21. The molecule has 1 aromatic heterocycles. The summed E-state index contributed by atoms with van der Waals surface area (Å²) < 4.78 is 7.84. The van der Waals surface area contributed by atoms with E-state index in [0.717, 1.165) is 38.0 Å². The quantitative estimate of drug-likeness (QED) is 0.748. The van der Waals surface area contributed by atoms with Crippen molar-refractivity contribution in [1.82, 2.24) is 14.7 Å². The van der Waals surface area contributed by atoms with Crippen LogP contribution < -0.4 is 0 Å². The number of carbonyl (C=O) groups is 1. The van der Waals surface area contributed by atoms with Crippen LogP contribution in [0.5, 0.6) is 0 Å². The van der Waals surface area contributed by atoms with Crippen LogP contribution in [0.3, 0.4) is 0 Å². The molecule has 1 fully saturated rings. The Balaban J connectivity index is 1.48. The molecule has 2 heterocycles. The first-order valence-corrected chi connectivity index (χ1v) is 10.1. The van der Waals surface area contributed by atoms with E-state index in [2.05, 4.69) is 36.8 Å². The Morgan fingerprint density at radius 3 is 2.82 bits per heavy atom. The van der Waals surface area contributed by atoms with E-state index in [4.69, 9.17) is 4.74 Å². The van der Waals surface area contributed by atoms with Crippen molar-refractivity contribution in [2.45, 2.75) is 44.1 Å². The zero-order valence-corrected chi connectivity index (χ0v) is 16.9. The molecule has 1 aliphatic carbocycles. The van der Waals surface area contributed by atoms with E-state index >= 15 is 0 Å². The van der Waals surface area contributed by atoms with Gasteiger partial charge in [0.1, 0.15) is 0 Å². The summed E-state index contributed by atoms with van der Waals surface area (Å²) >= 11 is 0. The molecule has 0 radical (unpaired) electrons. The van der Waals surface area contributed by atoms with Gasteiger partial charge >= 0.3 is 0 Å². The summed E-state index contributed by atoms with van der Waals surface area (Å²) in [6.45, 7) is 8.11. The summed E-state index contributed by atoms with van der Waals surface area (Å²) in [7, 11) is 1.88. The molecule has 1 amide bonds. The first-order chi connectivity index (χ1) is 13.5. The minimum Gasteiger partial charge on any atom is -0.369 e. The molecule has 148 valence electrons. The van der Waals surface area contributed by atoms with Crippen LogP contribution in [0.25, 0.3) is 0 Å². The molecule has 4 rings (SSSR count). The van der Waals surface area contributed by atoms with Crippen LogP contribution in [0.4, 0.5) is 0 Å². The molecule has 0 bridgehead atoms. The van der Waals surface area contributed by atoms with Crippen LogP contribution >= 0.6 is 0 Å². The number of carbonyl (C=O) groups excluding carboxylic acids is 1. The topological polar surface area (TPSA) is 47.4 Å². The molecule has 1 aromatic carbocycles. The average molecular weight is 380 g/mol. The van der Waals surface area contributed by atoms with Gasteiger partial charge in [0.25, 0.3) is 0 Å². The number of nitrogens with zero attached hydrogens (tertiary/aromatic N) is 3. The Kier molecular flexibility index (Phi) is 5.11. The van der Waals surface area contributed by atoms with E-state index in [9.17, 15) is 4.79 Å². The van der Waals surface area contributed by atoms with Crippen molar-refractivity contribution in [2.24, 2.45) is 7.05 Å². The van der Waals surface area contributed by atoms with Gasteiger partial charge in [-0.15, -0.1) is 6.58 Å². The summed E-state index contributed by atoms with van der Waals surface area (Å²) in [5, 5.41) is 4.34. The normalized spacial score (nSPS) is 20.4. The Morgan fingerprint density at radius 2 is 2.14 bits per heavy atom. The summed E-state index contributed by atoms with van der Waals surface area (Å²) in [6, 6.07) is 8.65. The van der Waals surface area contributed by atoms with Crippen LogP contribution in [0, 0.1) is 6.92 Å². The fourth-order valence-electron chi connectivity index (χ4n) is 4.80. The molecule has 0 unspecified atom stereocenters. The van der Waals surface area contributed by atoms with Crippen molar-refractivity contribution in [3.63, 3.8) is 0 Å². The fraction of sp³-hybridized carbons (Fsp3) is 0.478. The van der Waals surface area contributed by atoms with Gasteiger partial charge in [-0.25, -0.2) is 0 Å². The Hall–Kier alpha value is -2.40. The largest absolute Gasteiger partial charge is 0.369 e. The maximum absolute atomic E-state index is 12.7.